The summed E-state index contributed by atoms with van der Waals surface area (Å²) >= 11 is 0. The monoisotopic (exact) mass is 336 g/mol. The molecule has 6 heteroatoms. The Balaban J connectivity index is 2.51. The molecule has 2 aromatic carbocycles. The molecule has 0 atom stereocenters. The second-order valence-electron chi connectivity index (χ2n) is 4.83. The average molecular weight is 336 g/mol. The minimum Gasteiger partial charge on any atom is -0.478 e. The maximum absolute atomic E-state index is 14.0. The third-order valence-electron chi connectivity index (χ3n) is 3.19. The fourth-order valence-corrected chi connectivity index (χ4v) is 2.09. The zero-order valence-electron chi connectivity index (χ0n) is 12.2. The fraction of sp³-hybridized carbons (Fsp3) is 0.0556. The van der Waals surface area contributed by atoms with Gasteiger partial charge in [-0.25, -0.2) is 9.18 Å². The maximum atomic E-state index is 14.0. The van der Waals surface area contributed by atoms with E-state index in [1.807, 2.05) is 0 Å². The van der Waals surface area contributed by atoms with Gasteiger partial charge in [0.05, 0.1) is 5.56 Å². The van der Waals surface area contributed by atoms with Gasteiger partial charge < -0.3 is 5.11 Å². The largest absolute Gasteiger partial charge is 0.478 e. The summed E-state index contributed by atoms with van der Waals surface area (Å²) in [5, 5.41) is 8.63. The van der Waals surface area contributed by atoms with Crippen molar-refractivity contribution in [3.63, 3.8) is 0 Å². The minimum absolute atomic E-state index is 0.160. The summed E-state index contributed by atoms with van der Waals surface area (Å²) < 4.78 is 52.0. The van der Waals surface area contributed by atoms with Crippen LogP contribution in [0.1, 0.15) is 16.7 Å². The molecule has 0 saturated heterocycles. The first-order valence-corrected chi connectivity index (χ1v) is 6.83. The van der Waals surface area contributed by atoms with Crippen molar-refractivity contribution in [2.24, 2.45) is 0 Å². The standard InChI is InChI=1S/C18H12F4O2/c19-16-6-2-1-4-15(16)14(5-3-7-17(23)24)12-8-10-13(11-9-12)18(20,21)22/h1-11H,(H,23,24)/b7-3+,14-5+. The van der Waals surface area contributed by atoms with E-state index in [1.165, 1.54) is 42.5 Å². The van der Waals surface area contributed by atoms with E-state index in [2.05, 4.69) is 0 Å². The molecular weight excluding hydrogens is 324 g/mol. The molecule has 2 aromatic rings. The molecule has 0 amide bonds. The van der Waals surface area contributed by atoms with Gasteiger partial charge in [-0.3, -0.25) is 0 Å². The molecule has 2 rings (SSSR count). The molecule has 0 saturated carbocycles. The smallest absolute Gasteiger partial charge is 0.416 e. The van der Waals surface area contributed by atoms with Crippen LogP contribution >= 0.6 is 0 Å². The van der Waals surface area contributed by atoms with Crippen LogP contribution in [0, 0.1) is 5.82 Å². The zero-order chi connectivity index (χ0) is 17.7. The van der Waals surface area contributed by atoms with E-state index < -0.39 is 23.5 Å². The molecule has 1 N–H and O–H groups in total. The summed E-state index contributed by atoms with van der Waals surface area (Å²) in [6.45, 7) is 0. The summed E-state index contributed by atoms with van der Waals surface area (Å²) in [4.78, 5) is 10.6. The van der Waals surface area contributed by atoms with Crippen LogP contribution in [0.2, 0.25) is 0 Å². The summed E-state index contributed by atoms with van der Waals surface area (Å²) in [5.41, 5.74) is -0.0463. The zero-order valence-corrected chi connectivity index (χ0v) is 12.2. The molecule has 0 aliphatic heterocycles. The van der Waals surface area contributed by atoms with Gasteiger partial charge in [-0.15, -0.1) is 0 Å². The van der Waals surface area contributed by atoms with E-state index in [4.69, 9.17) is 5.11 Å². The van der Waals surface area contributed by atoms with Crippen LogP contribution in [-0.4, -0.2) is 11.1 Å². The Hall–Kier alpha value is -2.89. The van der Waals surface area contributed by atoms with Crippen LogP contribution in [0.5, 0.6) is 0 Å². The predicted molar refractivity (Wildman–Crippen MR) is 81.7 cm³/mol. The highest BCUT2D eigenvalue weighted by Crippen LogP contribution is 2.32. The first-order chi connectivity index (χ1) is 11.3. The fourth-order valence-electron chi connectivity index (χ4n) is 2.09. The van der Waals surface area contributed by atoms with Gasteiger partial charge >= 0.3 is 12.1 Å². The van der Waals surface area contributed by atoms with Crippen LogP contribution in [0.25, 0.3) is 5.57 Å². The van der Waals surface area contributed by atoms with E-state index >= 15 is 0 Å². The number of carboxylic acids is 1. The van der Waals surface area contributed by atoms with Crippen LogP contribution in [0.4, 0.5) is 17.6 Å². The lowest BCUT2D eigenvalue weighted by Crippen LogP contribution is -2.04. The summed E-state index contributed by atoms with van der Waals surface area (Å²) in [6.07, 6.45) is -1.08. The number of alkyl halides is 3. The Morgan fingerprint density at radius 2 is 1.62 bits per heavy atom. The van der Waals surface area contributed by atoms with Crippen molar-refractivity contribution >= 4 is 11.5 Å². The van der Waals surface area contributed by atoms with Gasteiger partial charge in [0.25, 0.3) is 0 Å². The highest BCUT2D eigenvalue weighted by molar-refractivity contribution is 5.84. The number of hydrogen-bond donors (Lipinski definition) is 1. The van der Waals surface area contributed by atoms with Gasteiger partial charge in [-0.2, -0.15) is 13.2 Å². The molecule has 0 fully saturated rings. The predicted octanol–water partition coefficient (Wildman–Crippen LogP) is 4.92. The van der Waals surface area contributed by atoms with E-state index in [9.17, 15) is 22.4 Å². The molecule has 0 bridgehead atoms. The molecule has 0 spiro atoms. The van der Waals surface area contributed by atoms with Gasteiger partial charge in [0, 0.05) is 11.6 Å². The Kier molecular flexibility index (Phi) is 5.18. The number of allylic oxidation sites excluding steroid dienone is 2. The van der Waals surface area contributed by atoms with Crippen molar-refractivity contribution < 1.29 is 27.5 Å². The van der Waals surface area contributed by atoms with Crippen molar-refractivity contribution in [1.29, 1.82) is 0 Å². The van der Waals surface area contributed by atoms with Crippen molar-refractivity contribution in [2.75, 3.05) is 0 Å². The molecule has 0 heterocycles. The summed E-state index contributed by atoms with van der Waals surface area (Å²) in [6, 6.07) is 9.97. The van der Waals surface area contributed by atoms with E-state index in [1.54, 1.807) is 6.07 Å². The third kappa shape index (κ3) is 4.32. The number of carboxylic acid groups (broad SMARTS) is 1. The number of aliphatic carboxylic acids is 1. The molecule has 0 aliphatic rings. The van der Waals surface area contributed by atoms with Crippen molar-refractivity contribution in [3.05, 3.63) is 89.3 Å². The molecule has 0 aromatic heterocycles. The molecule has 0 unspecified atom stereocenters. The quantitative estimate of drug-likeness (QED) is 0.489. The highest BCUT2D eigenvalue weighted by Gasteiger charge is 2.30. The Morgan fingerprint density at radius 1 is 1.00 bits per heavy atom. The highest BCUT2D eigenvalue weighted by atomic mass is 19.4. The molecule has 24 heavy (non-hydrogen) atoms. The number of hydrogen-bond acceptors (Lipinski definition) is 1. The van der Waals surface area contributed by atoms with Gasteiger partial charge in [-0.1, -0.05) is 42.5 Å². The molecule has 0 radical (unpaired) electrons. The number of carbonyl (C=O) groups is 1. The van der Waals surface area contributed by atoms with Gasteiger partial charge in [-0.05, 0) is 29.3 Å². The van der Waals surface area contributed by atoms with Gasteiger partial charge in [0.2, 0.25) is 0 Å². The van der Waals surface area contributed by atoms with Gasteiger partial charge in [0.15, 0.2) is 0 Å². The average Bonchev–Trinajstić information content (AvgIpc) is 2.52. The summed E-state index contributed by atoms with van der Waals surface area (Å²) in [7, 11) is 0. The van der Waals surface area contributed by atoms with Crippen molar-refractivity contribution in [1.82, 2.24) is 0 Å². The number of rotatable bonds is 4. The molecule has 0 aliphatic carbocycles. The van der Waals surface area contributed by atoms with Crippen LogP contribution in [0.3, 0.4) is 0 Å². The van der Waals surface area contributed by atoms with Gasteiger partial charge in [0.1, 0.15) is 5.82 Å². The molecular formula is C18H12F4O2. The summed E-state index contributed by atoms with van der Waals surface area (Å²) in [5.74, 6) is -1.75. The SMILES string of the molecule is O=C(O)/C=C/C=C(\c1ccc(C(F)(F)F)cc1)c1ccccc1F. The van der Waals surface area contributed by atoms with E-state index in [-0.39, 0.29) is 11.1 Å². The molecule has 124 valence electrons. The Labute approximate surface area is 135 Å². The second-order valence-corrected chi connectivity index (χ2v) is 4.83. The van der Waals surface area contributed by atoms with Crippen LogP contribution in [-0.2, 0) is 11.0 Å². The second kappa shape index (κ2) is 7.12. The number of halogens is 4. The van der Waals surface area contributed by atoms with E-state index in [0.717, 1.165) is 18.2 Å². The number of benzene rings is 2. The van der Waals surface area contributed by atoms with Crippen LogP contribution in [0.15, 0.2) is 66.8 Å². The normalized spacial score (nSPS) is 12.6. The lowest BCUT2D eigenvalue weighted by atomic mass is 9.96. The first kappa shape index (κ1) is 17.5. The lowest BCUT2D eigenvalue weighted by Gasteiger charge is -2.11. The molecule has 2 nitrogen and oxygen atoms in total. The minimum atomic E-state index is -4.47. The maximum Gasteiger partial charge on any atom is 0.416 e. The van der Waals surface area contributed by atoms with Crippen LogP contribution < -0.4 is 0 Å². The topological polar surface area (TPSA) is 37.3 Å². The van der Waals surface area contributed by atoms with E-state index in [0.29, 0.717) is 5.56 Å². The van der Waals surface area contributed by atoms with Crippen molar-refractivity contribution in [3.8, 4) is 0 Å². The lowest BCUT2D eigenvalue weighted by molar-refractivity contribution is -0.137. The Bertz CT molecular complexity index is 787. The first-order valence-electron chi connectivity index (χ1n) is 6.83. The van der Waals surface area contributed by atoms with Crippen molar-refractivity contribution in [2.45, 2.75) is 6.18 Å². The Morgan fingerprint density at radius 3 is 2.17 bits per heavy atom. The third-order valence-corrected chi connectivity index (χ3v) is 3.19.